The minimum absolute atomic E-state index is 0.338. The summed E-state index contributed by atoms with van der Waals surface area (Å²) >= 11 is 11.9. The number of aliphatic carboxylic acids is 1. The van der Waals surface area contributed by atoms with Gasteiger partial charge in [-0.05, 0) is 31.0 Å². The van der Waals surface area contributed by atoms with Crippen LogP contribution < -0.4 is 4.74 Å². The van der Waals surface area contributed by atoms with Crippen LogP contribution in [0, 0.1) is 0 Å². The summed E-state index contributed by atoms with van der Waals surface area (Å²) in [5.41, 5.74) is 0. The molecule has 1 rings (SSSR count). The Bertz CT molecular complexity index is 563. The fraction of sp³-hybridized carbons (Fsp3) is 0.708. The third kappa shape index (κ3) is 13.1. The van der Waals surface area contributed by atoms with Crippen LogP contribution >= 0.6 is 23.2 Å². The number of hydrogen-bond acceptors (Lipinski definition) is 2. The number of rotatable bonds is 18. The quantitative estimate of drug-likeness (QED) is 0.230. The van der Waals surface area contributed by atoms with E-state index in [1.165, 1.54) is 70.6 Å². The van der Waals surface area contributed by atoms with Crippen molar-refractivity contribution in [1.29, 1.82) is 0 Å². The number of ether oxygens (including phenoxy) is 1. The smallest absolute Gasteiger partial charge is 0.344 e. The molecule has 0 aliphatic carbocycles. The molecule has 0 heterocycles. The highest BCUT2D eigenvalue weighted by atomic mass is 35.5. The minimum Gasteiger partial charge on any atom is -0.479 e. The third-order valence-corrected chi connectivity index (χ3v) is 5.79. The molecular formula is C24H38Cl2O3. The SMILES string of the molecule is CCCCCCCCCCCCCCCC[C@@H](Oc1ccc(Cl)cc1Cl)C(=O)O. The summed E-state index contributed by atoms with van der Waals surface area (Å²) in [6.07, 6.45) is 17.5. The van der Waals surface area contributed by atoms with Crippen LogP contribution in [0.1, 0.15) is 103 Å². The molecule has 0 aliphatic heterocycles. The van der Waals surface area contributed by atoms with Crippen LogP contribution in [0.3, 0.4) is 0 Å². The Labute approximate surface area is 187 Å². The maximum Gasteiger partial charge on any atom is 0.344 e. The first-order chi connectivity index (χ1) is 14.0. The van der Waals surface area contributed by atoms with Gasteiger partial charge in [-0.1, -0.05) is 114 Å². The van der Waals surface area contributed by atoms with E-state index in [0.29, 0.717) is 22.2 Å². The van der Waals surface area contributed by atoms with E-state index in [2.05, 4.69) is 6.92 Å². The molecule has 0 radical (unpaired) electrons. The molecule has 0 fully saturated rings. The summed E-state index contributed by atoms with van der Waals surface area (Å²) in [6.45, 7) is 2.26. The van der Waals surface area contributed by atoms with Gasteiger partial charge in [-0.25, -0.2) is 4.79 Å². The number of unbranched alkanes of at least 4 members (excludes halogenated alkanes) is 13. The fourth-order valence-electron chi connectivity index (χ4n) is 3.48. The van der Waals surface area contributed by atoms with E-state index in [0.717, 1.165) is 19.3 Å². The molecule has 0 aromatic heterocycles. The molecule has 5 heteroatoms. The van der Waals surface area contributed by atoms with Crippen LogP contribution in [0.5, 0.6) is 5.75 Å². The second-order valence-corrected chi connectivity index (χ2v) is 8.75. The van der Waals surface area contributed by atoms with Gasteiger partial charge in [0.25, 0.3) is 0 Å². The Morgan fingerprint density at radius 1 is 0.862 bits per heavy atom. The molecule has 166 valence electrons. The van der Waals surface area contributed by atoms with Gasteiger partial charge in [0.1, 0.15) is 5.75 Å². The van der Waals surface area contributed by atoms with Crippen LogP contribution in [-0.4, -0.2) is 17.2 Å². The van der Waals surface area contributed by atoms with Crippen molar-refractivity contribution >= 4 is 29.2 Å². The van der Waals surface area contributed by atoms with Crippen molar-refractivity contribution in [3.63, 3.8) is 0 Å². The zero-order chi connectivity index (χ0) is 21.3. The Morgan fingerprint density at radius 2 is 1.34 bits per heavy atom. The van der Waals surface area contributed by atoms with E-state index in [1.54, 1.807) is 18.2 Å². The second kappa shape index (κ2) is 16.8. The van der Waals surface area contributed by atoms with Gasteiger partial charge in [0.05, 0.1) is 5.02 Å². The largest absolute Gasteiger partial charge is 0.479 e. The second-order valence-electron chi connectivity index (χ2n) is 7.90. The zero-order valence-electron chi connectivity index (χ0n) is 17.9. The maximum atomic E-state index is 11.5. The lowest BCUT2D eigenvalue weighted by atomic mass is 10.0. The lowest BCUT2D eigenvalue weighted by molar-refractivity contribution is -0.145. The van der Waals surface area contributed by atoms with E-state index < -0.39 is 12.1 Å². The molecule has 1 aromatic rings. The number of carboxylic acids is 1. The monoisotopic (exact) mass is 444 g/mol. The Balaban J connectivity index is 2.04. The van der Waals surface area contributed by atoms with E-state index >= 15 is 0 Å². The molecule has 0 aliphatic rings. The number of carboxylic acid groups (broad SMARTS) is 1. The lowest BCUT2D eigenvalue weighted by Gasteiger charge is -2.16. The third-order valence-electron chi connectivity index (χ3n) is 5.26. The van der Waals surface area contributed by atoms with Crippen LogP contribution in [0.25, 0.3) is 0 Å². The average Bonchev–Trinajstić information content (AvgIpc) is 2.68. The summed E-state index contributed by atoms with van der Waals surface area (Å²) in [6, 6.07) is 4.82. The van der Waals surface area contributed by atoms with Crippen molar-refractivity contribution in [1.82, 2.24) is 0 Å². The fourth-order valence-corrected chi connectivity index (χ4v) is 3.93. The van der Waals surface area contributed by atoms with Gasteiger partial charge >= 0.3 is 5.97 Å². The number of halogens is 2. The maximum absolute atomic E-state index is 11.5. The molecule has 29 heavy (non-hydrogen) atoms. The van der Waals surface area contributed by atoms with Crippen LogP contribution in [0.2, 0.25) is 10.0 Å². The normalized spacial score (nSPS) is 12.1. The van der Waals surface area contributed by atoms with Crippen molar-refractivity contribution in [2.75, 3.05) is 0 Å². The topological polar surface area (TPSA) is 46.5 Å². The Morgan fingerprint density at radius 3 is 1.79 bits per heavy atom. The van der Waals surface area contributed by atoms with Gasteiger partial charge in [0, 0.05) is 5.02 Å². The van der Waals surface area contributed by atoms with Crippen molar-refractivity contribution in [2.24, 2.45) is 0 Å². The molecule has 0 bridgehead atoms. The summed E-state index contributed by atoms with van der Waals surface area (Å²) in [5.74, 6) is -0.584. The van der Waals surface area contributed by atoms with Crippen LogP contribution in [0.15, 0.2) is 18.2 Å². The van der Waals surface area contributed by atoms with Gasteiger partial charge in [0.2, 0.25) is 0 Å². The summed E-state index contributed by atoms with van der Waals surface area (Å²) < 4.78 is 5.58. The number of hydrogen-bond donors (Lipinski definition) is 1. The van der Waals surface area contributed by atoms with E-state index in [9.17, 15) is 9.90 Å². The highest BCUT2D eigenvalue weighted by Gasteiger charge is 2.20. The average molecular weight is 445 g/mol. The van der Waals surface area contributed by atoms with Crippen LogP contribution in [-0.2, 0) is 4.79 Å². The Kier molecular flexibility index (Phi) is 15.1. The lowest BCUT2D eigenvalue weighted by Crippen LogP contribution is -2.27. The zero-order valence-corrected chi connectivity index (χ0v) is 19.4. The van der Waals surface area contributed by atoms with Gasteiger partial charge in [-0.3, -0.25) is 0 Å². The first-order valence-corrected chi connectivity index (χ1v) is 12.1. The number of benzene rings is 1. The molecule has 1 aromatic carbocycles. The molecule has 0 spiro atoms. The van der Waals surface area contributed by atoms with Gasteiger partial charge in [-0.15, -0.1) is 0 Å². The first-order valence-electron chi connectivity index (χ1n) is 11.4. The molecule has 0 saturated carbocycles. The standard InChI is InChI=1S/C24H38Cl2O3/c1-2-3-4-5-6-7-8-9-10-11-12-13-14-15-16-23(24(27)28)29-22-18-17-20(25)19-21(22)26/h17-19,23H,2-16H2,1H3,(H,27,28)/t23-/m1/s1. The molecule has 0 amide bonds. The Hall–Kier alpha value is -0.930. The van der Waals surface area contributed by atoms with Crippen LogP contribution in [0.4, 0.5) is 0 Å². The molecular weight excluding hydrogens is 407 g/mol. The predicted octanol–water partition coefficient (Wildman–Crippen LogP) is 8.70. The van der Waals surface area contributed by atoms with Crippen molar-refractivity contribution in [3.8, 4) is 5.75 Å². The summed E-state index contributed by atoms with van der Waals surface area (Å²) in [7, 11) is 0. The summed E-state index contributed by atoms with van der Waals surface area (Å²) in [5, 5.41) is 10.2. The number of carbonyl (C=O) groups is 1. The minimum atomic E-state index is -0.953. The van der Waals surface area contributed by atoms with E-state index in [-0.39, 0.29) is 0 Å². The van der Waals surface area contributed by atoms with Crippen molar-refractivity contribution in [2.45, 2.75) is 109 Å². The predicted molar refractivity (Wildman–Crippen MR) is 123 cm³/mol. The van der Waals surface area contributed by atoms with Gasteiger partial charge in [-0.2, -0.15) is 0 Å². The molecule has 1 N–H and O–H groups in total. The van der Waals surface area contributed by atoms with Crippen molar-refractivity contribution in [3.05, 3.63) is 28.2 Å². The van der Waals surface area contributed by atoms with E-state index in [1.807, 2.05) is 0 Å². The molecule has 1 atom stereocenters. The summed E-state index contributed by atoms with van der Waals surface area (Å²) in [4.78, 5) is 11.5. The highest BCUT2D eigenvalue weighted by Crippen LogP contribution is 2.29. The molecule has 0 unspecified atom stereocenters. The van der Waals surface area contributed by atoms with Gasteiger partial charge in [0.15, 0.2) is 6.10 Å². The van der Waals surface area contributed by atoms with E-state index in [4.69, 9.17) is 27.9 Å². The van der Waals surface area contributed by atoms with Gasteiger partial charge < -0.3 is 9.84 Å². The highest BCUT2D eigenvalue weighted by molar-refractivity contribution is 6.35. The molecule has 3 nitrogen and oxygen atoms in total. The molecule has 0 saturated heterocycles. The van der Waals surface area contributed by atoms with Crippen molar-refractivity contribution < 1.29 is 14.6 Å². The first kappa shape index (κ1) is 26.1.